The summed E-state index contributed by atoms with van der Waals surface area (Å²) in [5.41, 5.74) is 0.806. The molecule has 2 aromatic heterocycles. The molecule has 0 saturated carbocycles. The average Bonchev–Trinajstić information content (AvgIpc) is 2.57. The fourth-order valence-electron chi connectivity index (χ4n) is 2.64. The van der Waals surface area contributed by atoms with Gasteiger partial charge >= 0.3 is 0 Å². The standard InChI is InChI=1S/C16H22N6O/c1-12(2)16-17-5-4-14(19-16)22-8-6-21(7-9-22)13-10-15(23)20(3)18-11-13/h4-5,10-12H,6-9H2,1-3H3. The van der Waals surface area contributed by atoms with Gasteiger partial charge in [0.25, 0.3) is 5.56 Å². The molecule has 3 rings (SSSR count). The van der Waals surface area contributed by atoms with Gasteiger partial charge in [-0.05, 0) is 6.07 Å². The summed E-state index contributed by atoms with van der Waals surface area (Å²) in [5.74, 6) is 2.17. The summed E-state index contributed by atoms with van der Waals surface area (Å²) in [5, 5.41) is 4.09. The van der Waals surface area contributed by atoms with Gasteiger partial charge < -0.3 is 9.80 Å². The summed E-state index contributed by atoms with van der Waals surface area (Å²) in [7, 11) is 1.66. The lowest BCUT2D eigenvalue weighted by atomic mass is 10.2. The molecular weight excluding hydrogens is 292 g/mol. The van der Waals surface area contributed by atoms with Crippen LogP contribution in [0.2, 0.25) is 0 Å². The molecule has 7 heteroatoms. The molecule has 1 aliphatic rings. The van der Waals surface area contributed by atoms with Crippen molar-refractivity contribution >= 4 is 11.5 Å². The molecule has 23 heavy (non-hydrogen) atoms. The lowest BCUT2D eigenvalue weighted by molar-refractivity contribution is 0.634. The molecule has 1 aliphatic heterocycles. The second kappa shape index (κ2) is 6.36. The third-order valence-electron chi connectivity index (χ3n) is 4.10. The van der Waals surface area contributed by atoms with Crippen molar-refractivity contribution < 1.29 is 0 Å². The molecule has 1 fully saturated rings. The molecular formula is C16H22N6O. The summed E-state index contributed by atoms with van der Waals surface area (Å²) < 4.78 is 1.34. The van der Waals surface area contributed by atoms with E-state index in [0.717, 1.165) is 43.5 Å². The summed E-state index contributed by atoms with van der Waals surface area (Å²) in [4.78, 5) is 25.1. The SMILES string of the molecule is CC(C)c1nccc(N2CCN(c3cnn(C)c(=O)c3)CC2)n1. The number of hydrogen-bond acceptors (Lipinski definition) is 6. The van der Waals surface area contributed by atoms with E-state index in [1.807, 2.05) is 12.3 Å². The molecule has 0 aliphatic carbocycles. The van der Waals surface area contributed by atoms with E-state index in [9.17, 15) is 4.79 Å². The minimum Gasteiger partial charge on any atom is -0.367 e. The maximum atomic E-state index is 11.7. The van der Waals surface area contributed by atoms with Crippen molar-refractivity contribution in [3.05, 3.63) is 40.7 Å². The zero-order valence-electron chi connectivity index (χ0n) is 13.8. The molecule has 122 valence electrons. The number of aromatic nitrogens is 4. The van der Waals surface area contributed by atoms with Crippen LogP contribution in [-0.4, -0.2) is 45.9 Å². The van der Waals surface area contributed by atoms with E-state index in [1.54, 1.807) is 19.3 Å². The van der Waals surface area contributed by atoms with Crippen LogP contribution in [0.1, 0.15) is 25.6 Å². The van der Waals surface area contributed by atoms with Crippen LogP contribution in [0.15, 0.2) is 29.3 Å². The van der Waals surface area contributed by atoms with E-state index < -0.39 is 0 Å². The molecule has 7 nitrogen and oxygen atoms in total. The van der Waals surface area contributed by atoms with Crippen molar-refractivity contribution in [1.82, 2.24) is 19.7 Å². The van der Waals surface area contributed by atoms with Gasteiger partial charge in [0.2, 0.25) is 0 Å². The van der Waals surface area contributed by atoms with Crippen molar-refractivity contribution in [2.75, 3.05) is 36.0 Å². The summed E-state index contributed by atoms with van der Waals surface area (Å²) >= 11 is 0. The second-order valence-corrected chi connectivity index (χ2v) is 6.08. The van der Waals surface area contributed by atoms with Crippen molar-refractivity contribution in [2.45, 2.75) is 19.8 Å². The van der Waals surface area contributed by atoms with Crippen molar-refractivity contribution in [2.24, 2.45) is 7.05 Å². The number of anilines is 2. The third kappa shape index (κ3) is 3.33. The Kier molecular flexibility index (Phi) is 4.27. The number of piperazine rings is 1. The van der Waals surface area contributed by atoms with Crippen LogP contribution < -0.4 is 15.4 Å². The average molecular weight is 314 g/mol. The molecule has 0 aromatic carbocycles. The van der Waals surface area contributed by atoms with Gasteiger partial charge in [0.05, 0.1) is 11.9 Å². The minimum atomic E-state index is -0.0812. The van der Waals surface area contributed by atoms with E-state index in [4.69, 9.17) is 0 Å². The largest absolute Gasteiger partial charge is 0.367 e. The summed E-state index contributed by atoms with van der Waals surface area (Å²) in [6, 6.07) is 3.60. The van der Waals surface area contributed by atoms with Crippen LogP contribution >= 0.6 is 0 Å². The molecule has 0 radical (unpaired) electrons. The topological polar surface area (TPSA) is 67.2 Å². The Balaban J connectivity index is 1.69. The number of hydrogen-bond donors (Lipinski definition) is 0. The first-order chi connectivity index (χ1) is 11.0. The van der Waals surface area contributed by atoms with Crippen LogP contribution in [0.3, 0.4) is 0 Å². The van der Waals surface area contributed by atoms with Gasteiger partial charge in [0, 0.05) is 51.4 Å². The molecule has 0 atom stereocenters. The highest BCUT2D eigenvalue weighted by Crippen LogP contribution is 2.19. The number of nitrogens with zero attached hydrogens (tertiary/aromatic N) is 6. The fraction of sp³-hybridized carbons (Fsp3) is 0.500. The van der Waals surface area contributed by atoms with Crippen LogP contribution in [0.4, 0.5) is 11.5 Å². The fourth-order valence-corrected chi connectivity index (χ4v) is 2.64. The van der Waals surface area contributed by atoms with E-state index in [1.165, 1.54) is 4.68 Å². The summed E-state index contributed by atoms with van der Waals surface area (Å²) in [6.07, 6.45) is 3.58. The van der Waals surface area contributed by atoms with Gasteiger partial charge in [-0.1, -0.05) is 13.8 Å². The Morgan fingerprint density at radius 1 is 1.13 bits per heavy atom. The van der Waals surface area contributed by atoms with Crippen LogP contribution in [0, 0.1) is 0 Å². The zero-order chi connectivity index (χ0) is 16.4. The lowest BCUT2D eigenvalue weighted by Crippen LogP contribution is -2.47. The number of aryl methyl sites for hydroxylation is 1. The number of rotatable bonds is 3. The quantitative estimate of drug-likeness (QED) is 0.843. The zero-order valence-corrected chi connectivity index (χ0v) is 13.8. The van der Waals surface area contributed by atoms with E-state index in [0.29, 0.717) is 5.92 Å². The minimum absolute atomic E-state index is 0.0812. The first-order valence-electron chi connectivity index (χ1n) is 7.91. The highest BCUT2D eigenvalue weighted by molar-refractivity contribution is 5.47. The van der Waals surface area contributed by atoms with Crippen LogP contribution in [-0.2, 0) is 7.05 Å². The lowest BCUT2D eigenvalue weighted by Gasteiger charge is -2.36. The van der Waals surface area contributed by atoms with E-state index in [2.05, 4.69) is 38.7 Å². The molecule has 0 spiro atoms. The van der Waals surface area contributed by atoms with Gasteiger partial charge in [-0.3, -0.25) is 4.79 Å². The predicted octanol–water partition coefficient (Wildman–Crippen LogP) is 1.02. The van der Waals surface area contributed by atoms with Gasteiger partial charge in [0.15, 0.2) is 0 Å². The molecule has 2 aromatic rings. The Morgan fingerprint density at radius 3 is 2.48 bits per heavy atom. The highest BCUT2D eigenvalue weighted by atomic mass is 16.1. The first kappa shape index (κ1) is 15.5. The predicted molar refractivity (Wildman–Crippen MR) is 90.0 cm³/mol. The monoisotopic (exact) mass is 314 g/mol. The maximum absolute atomic E-state index is 11.7. The van der Waals surface area contributed by atoms with Crippen LogP contribution in [0.5, 0.6) is 0 Å². The Hall–Kier alpha value is -2.44. The first-order valence-corrected chi connectivity index (χ1v) is 7.91. The summed E-state index contributed by atoms with van der Waals surface area (Å²) in [6.45, 7) is 7.61. The molecule has 3 heterocycles. The van der Waals surface area contributed by atoms with Crippen molar-refractivity contribution in [1.29, 1.82) is 0 Å². The second-order valence-electron chi connectivity index (χ2n) is 6.08. The smallest absolute Gasteiger partial charge is 0.268 e. The maximum Gasteiger partial charge on any atom is 0.268 e. The van der Waals surface area contributed by atoms with Gasteiger partial charge in [-0.25, -0.2) is 14.6 Å². The van der Waals surface area contributed by atoms with E-state index >= 15 is 0 Å². The Labute approximate surface area is 135 Å². The van der Waals surface area contributed by atoms with Gasteiger partial charge in [0.1, 0.15) is 11.6 Å². The Bertz CT molecular complexity index is 733. The molecule has 0 amide bonds. The van der Waals surface area contributed by atoms with Gasteiger partial charge in [-0.2, -0.15) is 5.10 Å². The normalized spacial score (nSPS) is 15.3. The van der Waals surface area contributed by atoms with Crippen molar-refractivity contribution in [3.63, 3.8) is 0 Å². The highest BCUT2D eigenvalue weighted by Gasteiger charge is 2.19. The molecule has 1 saturated heterocycles. The van der Waals surface area contributed by atoms with Gasteiger partial charge in [-0.15, -0.1) is 0 Å². The molecule has 0 bridgehead atoms. The Morgan fingerprint density at radius 2 is 1.83 bits per heavy atom. The van der Waals surface area contributed by atoms with E-state index in [-0.39, 0.29) is 5.56 Å². The molecule has 0 N–H and O–H groups in total. The van der Waals surface area contributed by atoms with Crippen molar-refractivity contribution in [3.8, 4) is 0 Å². The van der Waals surface area contributed by atoms with Crippen LogP contribution in [0.25, 0.3) is 0 Å². The third-order valence-corrected chi connectivity index (χ3v) is 4.10. The molecule has 0 unspecified atom stereocenters.